The van der Waals surface area contributed by atoms with E-state index in [1.165, 1.54) is 12.1 Å². The van der Waals surface area contributed by atoms with E-state index in [1.54, 1.807) is 44.2 Å². The fourth-order valence-corrected chi connectivity index (χ4v) is 2.26. The van der Waals surface area contributed by atoms with Crippen LogP contribution >= 0.6 is 0 Å². The molecule has 0 aliphatic heterocycles. The first-order chi connectivity index (χ1) is 9.91. The zero-order valence-electron chi connectivity index (χ0n) is 11.7. The van der Waals surface area contributed by atoms with Crippen LogP contribution in [0.4, 0.5) is 5.69 Å². The lowest BCUT2D eigenvalue weighted by atomic mass is 9.92. The number of aromatic carboxylic acids is 1. The summed E-state index contributed by atoms with van der Waals surface area (Å²) in [6.07, 6.45) is 0. The summed E-state index contributed by atoms with van der Waals surface area (Å²) in [5.74, 6) is -1.52. The zero-order chi connectivity index (χ0) is 15.6. The molecule has 0 unspecified atom stereocenters. The summed E-state index contributed by atoms with van der Waals surface area (Å²) in [6, 6.07) is 11.3. The van der Waals surface area contributed by atoms with Gasteiger partial charge in [-0.05, 0) is 29.2 Å². The summed E-state index contributed by atoms with van der Waals surface area (Å²) in [6.45, 7) is 3.58. The van der Waals surface area contributed by atoms with E-state index in [9.17, 15) is 20.0 Å². The molecule has 0 heterocycles. The van der Waals surface area contributed by atoms with Gasteiger partial charge in [0.15, 0.2) is 0 Å². The monoisotopic (exact) mass is 284 g/mol. The molecule has 0 aromatic heterocycles. The molecule has 2 aromatic rings. The molecule has 0 aliphatic rings. The maximum absolute atomic E-state index is 11.4. The van der Waals surface area contributed by atoms with Crippen molar-refractivity contribution in [1.29, 1.82) is 0 Å². The van der Waals surface area contributed by atoms with Gasteiger partial charge in [-0.1, -0.05) is 44.2 Å². The van der Waals surface area contributed by atoms with Crippen molar-refractivity contribution in [3.63, 3.8) is 0 Å². The molecule has 5 heteroatoms. The minimum absolute atomic E-state index is 0.0526. The predicted octanol–water partition coefficient (Wildman–Crippen LogP) is 2.75. The number of rotatable bonds is 4. The van der Waals surface area contributed by atoms with Gasteiger partial charge in [0, 0.05) is 5.56 Å². The second-order valence-corrected chi connectivity index (χ2v) is 5.03. The minimum atomic E-state index is -1.34. The zero-order valence-corrected chi connectivity index (χ0v) is 11.7. The van der Waals surface area contributed by atoms with Crippen LogP contribution in [0.2, 0.25) is 0 Å². The number of hydrogen-bond donors (Lipinski definition) is 0. The van der Waals surface area contributed by atoms with Crippen molar-refractivity contribution < 1.29 is 14.8 Å². The number of nitro groups is 1. The number of carbonyl (C=O) groups is 1. The Morgan fingerprint density at radius 1 is 1.14 bits per heavy atom. The van der Waals surface area contributed by atoms with Gasteiger partial charge in [-0.2, -0.15) is 0 Å². The molecule has 0 amide bonds. The Morgan fingerprint density at radius 3 is 2.24 bits per heavy atom. The van der Waals surface area contributed by atoms with E-state index in [1.807, 2.05) is 0 Å². The van der Waals surface area contributed by atoms with Crippen LogP contribution in [0.1, 0.15) is 35.7 Å². The van der Waals surface area contributed by atoms with Crippen LogP contribution in [-0.4, -0.2) is 10.9 Å². The van der Waals surface area contributed by atoms with Crippen molar-refractivity contribution in [3.8, 4) is 11.1 Å². The van der Waals surface area contributed by atoms with E-state index < -0.39 is 10.9 Å². The molecule has 0 saturated carbocycles. The van der Waals surface area contributed by atoms with Crippen LogP contribution in [0.25, 0.3) is 11.1 Å². The van der Waals surface area contributed by atoms with Crippen LogP contribution < -0.4 is 5.11 Å². The van der Waals surface area contributed by atoms with Gasteiger partial charge in [-0.3, -0.25) is 10.1 Å². The van der Waals surface area contributed by atoms with Crippen molar-refractivity contribution in [2.75, 3.05) is 0 Å². The third-order valence-electron chi connectivity index (χ3n) is 3.26. The average Bonchev–Trinajstić information content (AvgIpc) is 2.46. The Morgan fingerprint density at radius 2 is 1.76 bits per heavy atom. The van der Waals surface area contributed by atoms with Crippen LogP contribution in [0, 0.1) is 10.1 Å². The number of nitro benzene ring substituents is 1. The molecule has 0 saturated heterocycles. The first-order valence-electron chi connectivity index (χ1n) is 6.51. The van der Waals surface area contributed by atoms with E-state index in [0.717, 1.165) is 0 Å². The second-order valence-electron chi connectivity index (χ2n) is 5.03. The van der Waals surface area contributed by atoms with Gasteiger partial charge >= 0.3 is 0 Å². The maximum atomic E-state index is 11.4. The summed E-state index contributed by atoms with van der Waals surface area (Å²) in [4.78, 5) is 22.1. The molecule has 0 atom stereocenters. The lowest BCUT2D eigenvalue weighted by molar-refractivity contribution is -0.385. The summed E-state index contributed by atoms with van der Waals surface area (Å²) >= 11 is 0. The fourth-order valence-electron chi connectivity index (χ4n) is 2.26. The number of nitrogens with zero attached hydrogens (tertiary/aromatic N) is 1. The highest BCUT2D eigenvalue weighted by Crippen LogP contribution is 2.37. The van der Waals surface area contributed by atoms with E-state index >= 15 is 0 Å². The molecule has 0 aliphatic carbocycles. The van der Waals surface area contributed by atoms with Crippen molar-refractivity contribution in [3.05, 3.63) is 63.7 Å². The maximum Gasteiger partial charge on any atom is 0.280 e. The first kappa shape index (κ1) is 14.7. The third kappa shape index (κ3) is 2.91. The normalized spacial score (nSPS) is 10.6. The number of benzene rings is 2. The quantitative estimate of drug-likeness (QED) is 0.638. The van der Waals surface area contributed by atoms with Gasteiger partial charge in [0.25, 0.3) is 5.69 Å². The molecular weight excluding hydrogens is 270 g/mol. The summed E-state index contributed by atoms with van der Waals surface area (Å²) in [5, 5.41) is 22.6. The molecule has 0 spiro atoms. The van der Waals surface area contributed by atoms with Crippen LogP contribution in [-0.2, 0) is 0 Å². The molecule has 0 radical (unpaired) electrons. The number of carbonyl (C=O) groups excluding carboxylic acids is 1. The largest absolute Gasteiger partial charge is 0.545 e. The molecule has 108 valence electrons. The highest BCUT2D eigenvalue weighted by molar-refractivity contribution is 5.91. The second kappa shape index (κ2) is 5.75. The predicted molar refractivity (Wildman–Crippen MR) is 77.0 cm³/mol. The van der Waals surface area contributed by atoms with Gasteiger partial charge in [0.2, 0.25) is 0 Å². The van der Waals surface area contributed by atoms with Gasteiger partial charge in [0.05, 0.1) is 16.5 Å². The molecule has 2 rings (SSSR count). The molecule has 21 heavy (non-hydrogen) atoms. The number of hydrogen-bond acceptors (Lipinski definition) is 4. The lowest BCUT2D eigenvalue weighted by Gasteiger charge is -2.14. The van der Waals surface area contributed by atoms with Crippen LogP contribution in [0.5, 0.6) is 0 Å². The smallest absolute Gasteiger partial charge is 0.280 e. The third-order valence-corrected chi connectivity index (χ3v) is 3.26. The molecule has 0 bridgehead atoms. The number of carboxylic acid groups (broad SMARTS) is 1. The standard InChI is InChI=1S/C16H15NO4/c1-10(2)13-8-12(16(18)19)9-14(15(13)17(20)21)11-6-4-3-5-7-11/h3-10H,1-2H3,(H,18,19)/p-1. The minimum Gasteiger partial charge on any atom is -0.545 e. The van der Waals surface area contributed by atoms with E-state index in [0.29, 0.717) is 16.7 Å². The van der Waals surface area contributed by atoms with Gasteiger partial charge in [-0.25, -0.2) is 0 Å². The Kier molecular flexibility index (Phi) is 4.03. The summed E-state index contributed by atoms with van der Waals surface area (Å²) in [5.41, 5.74) is 1.19. The Hall–Kier alpha value is -2.69. The summed E-state index contributed by atoms with van der Waals surface area (Å²) < 4.78 is 0. The Bertz CT molecular complexity index is 693. The van der Waals surface area contributed by atoms with E-state index in [-0.39, 0.29) is 17.2 Å². The average molecular weight is 284 g/mol. The molecular formula is C16H14NO4-. The highest BCUT2D eigenvalue weighted by atomic mass is 16.6. The van der Waals surface area contributed by atoms with Crippen LogP contribution in [0.3, 0.4) is 0 Å². The van der Waals surface area contributed by atoms with E-state index in [2.05, 4.69) is 0 Å². The first-order valence-corrected chi connectivity index (χ1v) is 6.51. The molecule has 2 aromatic carbocycles. The van der Waals surface area contributed by atoms with Crippen molar-refractivity contribution in [1.82, 2.24) is 0 Å². The van der Waals surface area contributed by atoms with Crippen molar-refractivity contribution in [2.24, 2.45) is 0 Å². The summed E-state index contributed by atoms with van der Waals surface area (Å²) in [7, 11) is 0. The van der Waals surface area contributed by atoms with Crippen molar-refractivity contribution in [2.45, 2.75) is 19.8 Å². The molecule has 0 N–H and O–H groups in total. The topological polar surface area (TPSA) is 83.3 Å². The van der Waals surface area contributed by atoms with E-state index in [4.69, 9.17) is 0 Å². The van der Waals surface area contributed by atoms with Gasteiger partial charge in [0.1, 0.15) is 0 Å². The molecule has 0 fully saturated rings. The van der Waals surface area contributed by atoms with Gasteiger partial charge in [-0.15, -0.1) is 0 Å². The fraction of sp³-hybridized carbons (Fsp3) is 0.188. The molecule has 5 nitrogen and oxygen atoms in total. The Labute approximate surface area is 122 Å². The highest BCUT2D eigenvalue weighted by Gasteiger charge is 2.24. The number of carboxylic acids is 1. The SMILES string of the molecule is CC(C)c1cc(C(=O)[O-])cc(-c2ccccc2)c1[N+](=O)[O-]. The Balaban J connectivity index is 2.83. The lowest BCUT2D eigenvalue weighted by Crippen LogP contribution is -2.22. The van der Waals surface area contributed by atoms with Gasteiger partial charge < -0.3 is 9.90 Å². The van der Waals surface area contributed by atoms with Crippen molar-refractivity contribution >= 4 is 11.7 Å². The van der Waals surface area contributed by atoms with Crippen LogP contribution in [0.15, 0.2) is 42.5 Å².